The molecular weight excluding hydrogens is 184 g/mol. The monoisotopic (exact) mass is 198 g/mol. The first-order valence-corrected chi connectivity index (χ1v) is 4.60. The van der Waals surface area contributed by atoms with E-state index in [-0.39, 0.29) is 11.6 Å². The van der Waals surface area contributed by atoms with Crippen LogP contribution >= 0.6 is 0 Å². The van der Waals surface area contributed by atoms with Crippen LogP contribution in [-0.2, 0) is 9.59 Å². The molecule has 0 radical (unpaired) electrons. The van der Waals surface area contributed by atoms with Crippen molar-refractivity contribution in [2.24, 2.45) is 0 Å². The fraction of sp³-hybridized carbons (Fsp3) is 0.556. The Labute approximate surface area is 82.4 Å². The Morgan fingerprint density at radius 3 is 2.64 bits per heavy atom. The second-order valence-electron chi connectivity index (χ2n) is 3.30. The van der Waals surface area contributed by atoms with E-state index in [1.165, 1.54) is 5.01 Å². The first-order chi connectivity index (χ1) is 6.61. The molecule has 2 amide bonds. The number of hydrogen-bond acceptors (Lipinski definition) is 3. The topological polar surface area (TPSA) is 69.6 Å². The van der Waals surface area contributed by atoms with E-state index in [2.05, 4.69) is 5.43 Å². The van der Waals surface area contributed by atoms with E-state index in [9.17, 15) is 9.59 Å². The highest BCUT2D eigenvalue weighted by atomic mass is 16.2. The van der Waals surface area contributed by atoms with Crippen LogP contribution in [-0.4, -0.2) is 28.0 Å². The highest BCUT2D eigenvalue weighted by Crippen LogP contribution is 2.14. The van der Waals surface area contributed by atoms with Gasteiger partial charge in [0.2, 0.25) is 0 Å². The summed E-state index contributed by atoms with van der Waals surface area (Å²) in [7, 11) is 0. The van der Waals surface area contributed by atoms with Gasteiger partial charge in [0, 0.05) is 0 Å². The van der Waals surface area contributed by atoms with Gasteiger partial charge in [0.1, 0.15) is 5.57 Å². The van der Waals surface area contributed by atoms with Gasteiger partial charge in [-0.25, -0.2) is 5.01 Å². The molecule has 0 spiro atoms. The predicted octanol–water partition coefficient (Wildman–Crippen LogP) is 0.490. The third-order valence-electron chi connectivity index (χ3n) is 2.19. The minimum absolute atomic E-state index is 0.0473. The summed E-state index contributed by atoms with van der Waals surface area (Å²) in [6.07, 6.45) is 2.29. The molecule has 0 aliphatic carbocycles. The Hall–Kier alpha value is -1.52. The minimum atomic E-state index is -0.541. The summed E-state index contributed by atoms with van der Waals surface area (Å²) in [5.41, 5.74) is 2.20. The summed E-state index contributed by atoms with van der Waals surface area (Å²) in [6, 6.07) is -0.0473. The number of nitrogens with one attached hydrogen (secondary N) is 1. The summed E-state index contributed by atoms with van der Waals surface area (Å²) in [4.78, 5) is 22.6. The molecule has 0 saturated carbocycles. The Kier molecular flexibility index (Phi) is 3.11. The summed E-state index contributed by atoms with van der Waals surface area (Å²) in [6.45, 7) is 3.85. The molecule has 2 N–H and O–H groups in total. The number of hydrazine groups is 1. The molecule has 0 bridgehead atoms. The SMILES string of the molecule is CCCC(C)N1NC(=O)/C(=C\O)C1=O. The molecule has 78 valence electrons. The van der Waals surface area contributed by atoms with Gasteiger partial charge in [0.15, 0.2) is 0 Å². The molecule has 1 saturated heterocycles. The third-order valence-corrected chi connectivity index (χ3v) is 2.19. The van der Waals surface area contributed by atoms with Crippen molar-refractivity contribution >= 4 is 11.8 Å². The van der Waals surface area contributed by atoms with Crippen LogP contribution in [0, 0.1) is 0 Å². The van der Waals surface area contributed by atoms with E-state index in [0.29, 0.717) is 6.26 Å². The number of aliphatic hydroxyl groups excluding tert-OH is 1. The fourth-order valence-electron chi connectivity index (χ4n) is 1.42. The summed E-state index contributed by atoms with van der Waals surface area (Å²) >= 11 is 0. The van der Waals surface area contributed by atoms with Gasteiger partial charge in [0.25, 0.3) is 11.8 Å². The Balaban J connectivity index is 2.76. The Morgan fingerprint density at radius 1 is 1.57 bits per heavy atom. The first-order valence-electron chi connectivity index (χ1n) is 4.60. The van der Waals surface area contributed by atoms with Crippen LogP contribution in [0.1, 0.15) is 26.7 Å². The van der Waals surface area contributed by atoms with Gasteiger partial charge < -0.3 is 5.11 Å². The van der Waals surface area contributed by atoms with Crippen molar-refractivity contribution in [3.05, 3.63) is 11.8 Å². The number of carbonyl (C=O) groups is 2. The second-order valence-corrected chi connectivity index (χ2v) is 3.30. The summed E-state index contributed by atoms with van der Waals surface area (Å²) in [5, 5.41) is 9.92. The number of amides is 2. The predicted molar refractivity (Wildman–Crippen MR) is 50.1 cm³/mol. The van der Waals surface area contributed by atoms with Crippen LogP contribution in [0.15, 0.2) is 11.8 Å². The highest BCUT2D eigenvalue weighted by Gasteiger charge is 2.36. The Bertz CT molecular complexity index is 286. The number of rotatable bonds is 3. The average molecular weight is 198 g/mol. The van der Waals surface area contributed by atoms with Crippen LogP contribution < -0.4 is 5.43 Å². The quantitative estimate of drug-likeness (QED) is 0.394. The van der Waals surface area contributed by atoms with Crippen molar-refractivity contribution in [2.75, 3.05) is 0 Å². The molecule has 0 aromatic carbocycles. The Morgan fingerprint density at radius 2 is 2.21 bits per heavy atom. The smallest absolute Gasteiger partial charge is 0.281 e. The maximum Gasteiger partial charge on any atom is 0.281 e. The standard InChI is InChI=1S/C9H14N2O3/c1-3-4-6(2)11-9(14)7(5-12)8(13)10-11/h5-6,12H,3-4H2,1-2H3,(H,10,13)/b7-5+. The fourth-order valence-corrected chi connectivity index (χ4v) is 1.42. The lowest BCUT2D eigenvalue weighted by molar-refractivity contribution is -0.130. The van der Waals surface area contributed by atoms with Crippen LogP contribution in [0.4, 0.5) is 0 Å². The van der Waals surface area contributed by atoms with Gasteiger partial charge in [-0.05, 0) is 13.3 Å². The van der Waals surface area contributed by atoms with E-state index in [1.54, 1.807) is 0 Å². The molecule has 1 aliphatic heterocycles. The van der Waals surface area contributed by atoms with Crippen LogP contribution in [0.5, 0.6) is 0 Å². The van der Waals surface area contributed by atoms with Crippen LogP contribution in [0.25, 0.3) is 0 Å². The largest absolute Gasteiger partial charge is 0.515 e. The zero-order valence-electron chi connectivity index (χ0n) is 8.28. The van der Waals surface area contributed by atoms with Gasteiger partial charge in [0.05, 0.1) is 12.3 Å². The number of carbonyl (C=O) groups excluding carboxylic acids is 2. The van der Waals surface area contributed by atoms with E-state index < -0.39 is 11.8 Å². The normalized spacial score (nSPS) is 21.6. The molecule has 1 rings (SSSR count). The molecule has 1 unspecified atom stereocenters. The summed E-state index contributed by atoms with van der Waals surface area (Å²) < 4.78 is 0. The van der Waals surface area contributed by atoms with E-state index in [4.69, 9.17) is 5.11 Å². The molecule has 5 heteroatoms. The van der Waals surface area contributed by atoms with Crippen molar-refractivity contribution in [1.82, 2.24) is 10.4 Å². The molecule has 1 atom stereocenters. The molecule has 0 aromatic rings. The van der Waals surface area contributed by atoms with E-state index in [1.807, 2.05) is 13.8 Å². The van der Waals surface area contributed by atoms with Crippen LogP contribution in [0.3, 0.4) is 0 Å². The molecule has 5 nitrogen and oxygen atoms in total. The maximum absolute atomic E-state index is 11.5. The van der Waals surface area contributed by atoms with E-state index >= 15 is 0 Å². The van der Waals surface area contributed by atoms with Crippen molar-refractivity contribution in [1.29, 1.82) is 0 Å². The lowest BCUT2D eigenvalue weighted by atomic mass is 10.2. The van der Waals surface area contributed by atoms with Gasteiger partial charge in [-0.15, -0.1) is 0 Å². The molecule has 1 heterocycles. The van der Waals surface area contributed by atoms with Gasteiger partial charge in [-0.1, -0.05) is 13.3 Å². The lowest BCUT2D eigenvalue weighted by Gasteiger charge is -2.22. The van der Waals surface area contributed by atoms with Crippen molar-refractivity contribution in [2.45, 2.75) is 32.7 Å². The second kappa shape index (κ2) is 4.13. The molecule has 14 heavy (non-hydrogen) atoms. The maximum atomic E-state index is 11.5. The van der Waals surface area contributed by atoms with Crippen molar-refractivity contribution in [3.63, 3.8) is 0 Å². The minimum Gasteiger partial charge on any atom is -0.515 e. The first kappa shape index (κ1) is 10.6. The average Bonchev–Trinajstić information content (AvgIpc) is 2.42. The molecule has 0 aromatic heterocycles. The number of nitrogens with zero attached hydrogens (tertiary/aromatic N) is 1. The number of aliphatic hydroxyl groups is 1. The van der Waals surface area contributed by atoms with Gasteiger partial charge in [-0.3, -0.25) is 15.0 Å². The van der Waals surface area contributed by atoms with Crippen molar-refractivity contribution in [3.8, 4) is 0 Å². The third kappa shape index (κ3) is 1.71. The lowest BCUT2D eigenvalue weighted by Crippen LogP contribution is -2.42. The number of hydrogen-bond donors (Lipinski definition) is 2. The van der Waals surface area contributed by atoms with Gasteiger partial charge in [-0.2, -0.15) is 0 Å². The van der Waals surface area contributed by atoms with E-state index in [0.717, 1.165) is 12.8 Å². The molecule has 1 fully saturated rings. The molecule has 1 aliphatic rings. The zero-order chi connectivity index (χ0) is 10.7. The zero-order valence-corrected chi connectivity index (χ0v) is 8.28. The summed E-state index contributed by atoms with van der Waals surface area (Å²) in [5.74, 6) is -1.00. The highest BCUT2D eigenvalue weighted by molar-refractivity contribution is 6.22. The van der Waals surface area contributed by atoms with Crippen molar-refractivity contribution < 1.29 is 14.7 Å². The van der Waals surface area contributed by atoms with Gasteiger partial charge >= 0.3 is 0 Å². The molecular formula is C9H14N2O3. The van der Waals surface area contributed by atoms with Crippen LogP contribution in [0.2, 0.25) is 0 Å².